The van der Waals surface area contributed by atoms with E-state index < -0.39 is 9.84 Å². The van der Waals surface area contributed by atoms with E-state index in [1.54, 1.807) is 0 Å². The third-order valence-corrected chi connectivity index (χ3v) is 6.70. The van der Waals surface area contributed by atoms with Gasteiger partial charge in [0.2, 0.25) is 0 Å². The van der Waals surface area contributed by atoms with Gasteiger partial charge in [0.15, 0.2) is 9.84 Å². The van der Waals surface area contributed by atoms with Crippen molar-refractivity contribution in [2.24, 2.45) is 0 Å². The molecule has 0 spiro atoms. The number of rotatable bonds is 4. The van der Waals surface area contributed by atoms with Gasteiger partial charge in [0.25, 0.3) is 0 Å². The number of nitrogens with zero attached hydrogens (tertiary/aromatic N) is 1. The van der Waals surface area contributed by atoms with Gasteiger partial charge in [-0.2, -0.15) is 0 Å². The Bertz CT molecular complexity index is 452. The van der Waals surface area contributed by atoms with Crippen molar-refractivity contribution in [1.82, 2.24) is 10.2 Å². The van der Waals surface area contributed by atoms with E-state index in [0.29, 0.717) is 18.6 Å². The second-order valence-corrected chi connectivity index (χ2v) is 9.42. The molecule has 0 aromatic rings. The van der Waals surface area contributed by atoms with E-state index in [9.17, 15) is 13.5 Å². The lowest BCUT2D eigenvalue weighted by atomic mass is 9.78. The molecule has 0 radical (unpaired) electrons. The van der Waals surface area contributed by atoms with Crippen LogP contribution in [0.5, 0.6) is 0 Å². The largest absolute Gasteiger partial charge is 0.394 e. The van der Waals surface area contributed by atoms with Crippen LogP contribution in [0.1, 0.15) is 46.5 Å². The summed E-state index contributed by atoms with van der Waals surface area (Å²) < 4.78 is 23.5. The zero-order chi connectivity index (χ0) is 15.7. The molecule has 1 saturated carbocycles. The Hall–Kier alpha value is -0.170. The van der Waals surface area contributed by atoms with Crippen LogP contribution in [0, 0.1) is 0 Å². The molecule has 1 saturated heterocycles. The van der Waals surface area contributed by atoms with Crippen LogP contribution in [0.2, 0.25) is 0 Å². The molecule has 0 aromatic heterocycles. The molecule has 1 heterocycles. The van der Waals surface area contributed by atoms with Gasteiger partial charge in [-0.25, -0.2) is 8.42 Å². The van der Waals surface area contributed by atoms with Crippen LogP contribution in [-0.2, 0) is 9.84 Å². The molecule has 1 aliphatic heterocycles. The van der Waals surface area contributed by atoms with Crippen LogP contribution in [-0.4, -0.2) is 66.7 Å². The van der Waals surface area contributed by atoms with Crippen molar-refractivity contribution in [3.63, 3.8) is 0 Å². The molecule has 0 bridgehead atoms. The van der Waals surface area contributed by atoms with Crippen molar-refractivity contribution < 1.29 is 13.5 Å². The van der Waals surface area contributed by atoms with Gasteiger partial charge in [-0.1, -0.05) is 13.8 Å². The zero-order valence-electron chi connectivity index (χ0n) is 13.5. The van der Waals surface area contributed by atoms with Crippen molar-refractivity contribution >= 4 is 9.84 Å². The zero-order valence-corrected chi connectivity index (χ0v) is 14.3. The van der Waals surface area contributed by atoms with Crippen molar-refractivity contribution in [2.45, 2.75) is 70.1 Å². The third-order valence-electron chi connectivity index (χ3n) is 4.91. The minimum atomic E-state index is -2.86. The van der Waals surface area contributed by atoms with Gasteiger partial charge >= 0.3 is 0 Å². The van der Waals surface area contributed by atoms with E-state index in [-0.39, 0.29) is 29.7 Å². The molecule has 2 fully saturated rings. The summed E-state index contributed by atoms with van der Waals surface area (Å²) in [7, 11) is -2.86. The van der Waals surface area contributed by atoms with E-state index in [2.05, 4.69) is 24.1 Å². The first-order valence-corrected chi connectivity index (χ1v) is 9.94. The van der Waals surface area contributed by atoms with Crippen molar-refractivity contribution in [3.8, 4) is 0 Å². The molecule has 5 nitrogen and oxygen atoms in total. The lowest BCUT2D eigenvalue weighted by Crippen LogP contribution is -2.60. The molecule has 1 aliphatic carbocycles. The summed E-state index contributed by atoms with van der Waals surface area (Å²) in [5.74, 6) is 0.546. The maximum atomic E-state index is 11.7. The third kappa shape index (κ3) is 4.18. The van der Waals surface area contributed by atoms with Gasteiger partial charge in [0.1, 0.15) is 0 Å². The van der Waals surface area contributed by atoms with Gasteiger partial charge in [-0.3, -0.25) is 4.90 Å². The summed E-state index contributed by atoms with van der Waals surface area (Å²) in [5, 5.41) is 13.4. The van der Waals surface area contributed by atoms with Gasteiger partial charge in [-0.05, 0) is 32.6 Å². The lowest BCUT2D eigenvalue weighted by Gasteiger charge is -2.48. The molecule has 2 N–H and O–H groups in total. The maximum absolute atomic E-state index is 11.7. The van der Waals surface area contributed by atoms with E-state index in [0.717, 1.165) is 25.7 Å². The first kappa shape index (κ1) is 17.2. The molecule has 2 rings (SSSR count). The fourth-order valence-corrected chi connectivity index (χ4v) is 5.68. The fourth-order valence-electron chi connectivity index (χ4n) is 4.10. The summed E-state index contributed by atoms with van der Waals surface area (Å²) in [6.07, 6.45) is 4.09. The van der Waals surface area contributed by atoms with Crippen LogP contribution >= 0.6 is 0 Å². The molecule has 6 heteroatoms. The summed E-state index contributed by atoms with van der Waals surface area (Å²) in [4.78, 5) is 2.35. The van der Waals surface area contributed by atoms with Crippen molar-refractivity contribution in [2.75, 3.05) is 24.7 Å². The normalized spacial score (nSPS) is 37.8. The summed E-state index contributed by atoms with van der Waals surface area (Å²) in [5.41, 5.74) is -0.201. The highest BCUT2D eigenvalue weighted by Crippen LogP contribution is 2.33. The summed E-state index contributed by atoms with van der Waals surface area (Å²) >= 11 is 0. The second-order valence-electron chi connectivity index (χ2n) is 7.19. The maximum Gasteiger partial charge on any atom is 0.153 e. The van der Waals surface area contributed by atoms with Gasteiger partial charge < -0.3 is 10.4 Å². The van der Waals surface area contributed by atoms with E-state index in [1.807, 2.05) is 6.92 Å². The molecular formula is C15H30N2O3S. The van der Waals surface area contributed by atoms with Crippen LogP contribution in [0.4, 0.5) is 0 Å². The minimum Gasteiger partial charge on any atom is -0.394 e. The van der Waals surface area contributed by atoms with Gasteiger partial charge in [-0.15, -0.1) is 0 Å². The number of aliphatic hydroxyl groups excluding tert-OH is 1. The monoisotopic (exact) mass is 318 g/mol. The average Bonchev–Trinajstić information content (AvgIpc) is 2.37. The summed E-state index contributed by atoms with van der Waals surface area (Å²) in [6, 6.07) is 0.806. The predicted octanol–water partition coefficient (Wildman–Crippen LogP) is 0.777. The van der Waals surface area contributed by atoms with Crippen molar-refractivity contribution in [1.29, 1.82) is 0 Å². The highest BCUT2D eigenvalue weighted by Gasteiger charge is 2.41. The number of sulfone groups is 1. The van der Waals surface area contributed by atoms with E-state index in [4.69, 9.17) is 0 Å². The number of nitrogens with one attached hydrogen (secondary N) is 1. The Balaban J connectivity index is 2.07. The second kappa shape index (κ2) is 6.52. The lowest BCUT2D eigenvalue weighted by molar-refractivity contribution is 0.0426. The molecule has 0 aromatic carbocycles. The Morgan fingerprint density at radius 1 is 1.43 bits per heavy atom. The molecule has 21 heavy (non-hydrogen) atoms. The van der Waals surface area contributed by atoms with Crippen molar-refractivity contribution in [3.05, 3.63) is 0 Å². The smallest absolute Gasteiger partial charge is 0.153 e. The summed E-state index contributed by atoms with van der Waals surface area (Å²) in [6.45, 7) is 7.02. The van der Waals surface area contributed by atoms with Crippen LogP contribution in [0.15, 0.2) is 0 Å². The number of hydrogen-bond acceptors (Lipinski definition) is 5. The average molecular weight is 318 g/mol. The first-order chi connectivity index (χ1) is 9.77. The predicted molar refractivity (Wildman–Crippen MR) is 85.2 cm³/mol. The molecule has 124 valence electrons. The minimum absolute atomic E-state index is 0.0855. The first-order valence-electron chi connectivity index (χ1n) is 8.12. The quantitative estimate of drug-likeness (QED) is 0.801. The topological polar surface area (TPSA) is 69.6 Å². The van der Waals surface area contributed by atoms with Crippen LogP contribution in [0.25, 0.3) is 0 Å². The molecule has 3 unspecified atom stereocenters. The Morgan fingerprint density at radius 2 is 2.14 bits per heavy atom. The number of hydrogen-bond donors (Lipinski definition) is 2. The van der Waals surface area contributed by atoms with Gasteiger partial charge in [0.05, 0.1) is 18.1 Å². The van der Waals surface area contributed by atoms with E-state index >= 15 is 0 Å². The van der Waals surface area contributed by atoms with E-state index in [1.165, 1.54) is 0 Å². The standard InChI is InChI=1S/C15H30N2O3S/c1-12(2)16-15(11-18)6-4-5-14(9-15)17-7-8-21(19,20)10-13(17)3/h12-14,16,18H,4-11H2,1-3H3. The molecule has 3 atom stereocenters. The molecular weight excluding hydrogens is 288 g/mol. The number of aliphatic hydroxyl groups is 1. The Morgan fingerprint density at radius 3 is 2.71 bits per heavy atom. The fraction of sp³-hybridized carbons (Fsp3) is 1.00. The highest BCUT2D eigenvalue weighted by molar-refractivity contribution is 7.91. The molecule has 2 aliphatic rings. The Kier molecular flexibility index (Phi) is 5.34. The van der Waals surface area contributed by atoms with Crippen LogP contribution in [0.3, 0.4) is 0 Å². The SMILES string of the molecule is CC(C)NC1(CO)CCCC(N2CCS(=O)(=O)CC2C)C1. The highest BCUT2D eigenvalue weighted by atomic mass is 32.2. The van der Waals surface area contributed by atoms with Gasteiger partial charge in [0, 0.05) is 30.2 Å². The Labute approximate surface area is 129 Å². The molecule has 0 amide bonds. The van der Waals surface area contributed by atoms with Crippen LogP contribution < -0.4 is 5.32 Å².